The fraction of sp³-hybridized carbons (Fsp3) is 0.500. The Bertz CT molecular complexity index is 656. The number of ether oxygens (including phenoxy) is 2. The predicted molar refractivity (Wildman–Crippen MR) is 93.8 cm³/mol. The third-order valence-corrected chi connectivity index (χ3v) is 5.08. The van der Waals surface area contributed by atoms with Crippen LogP contribution in [-0.4, -0.2) is 62.0 Å². The van der Waals surface area contributed by atoms with Gasteiger partial charge in [-0.2, -0.15) is 0 Å². The average molecular weight is 391 g/mol. The molecule has 1 aromatic carbocycles. The molecular weight excluding hydrogens is 371 g/mol. The molecule has 0 aliphatic carbocycles. The molecular formula is C16H20Cl2N2O5. The molecule has 9 heteroatoms. The molecule has 0 bridgehead atoms. The van der Waals surface area contributed by atoms with Crippen LogP contribution < -0.4 is 10.1 Å². The second-order valence-corrected chi connectivity index (χ2v) is 6.49. The normalized spacial score (nSPS) is 19.8. The van der Waals surface area contributed by atoms with E-state index in [0.717, 1.165) is 0 Å². The van der Waals surface area contributed by atoms with Gasteiger partial charge >= 0.3 is 12.1 Å². The summed E-state index contributed by atoms with van der Waals surface area (Å²) >= 11 is 12.5. The minimum atomic E-state index is -1.02. The zero-order valence-electron chi connectivity index (χ0n) is 13.9. The molecule has 138 valence electrons. The molecule has 1 aromatic rings. The molecule has 2 N–H and O–H groups in total. The average Bonchev–Trinajstić information content (AvgIpc) is 3.00. The van der Waals surface area contributed by atoms with E-state index >= 15 is 0 Å². The Labute approximate surface area is 155 Å². The van der Waals surface area contributed by atoms with E-state index in [1.807, 2.05) is 0 Å². The Morgan fingerprint density at radius 3 is 2.68 bits per heavy atom. The molecule has 1 aliphatic rings. The van der Waals surface area contributed by atoms with Gasteiger partial charge in [0.15, 0.2) is 0 Å². The lowest BCUT2D eigenvalue weighted by Gasteiger charge is -2.21. The van der Waals surface area contributed by atoms with Crippen molar-refractivity contribution in [3.05, 3.63) is 27.7 Å². The number of nitrogens with one attached hydrogen (secondary N) is 1. The number of carbonyl (C=O) groups is 2. The molecule has 0 unspecified atom stereocenters. The first-order valence-corrected chi connectivity index (χ1v) is 8.43. The Hall–Kier alpha value is -1.70. The Balaban J connectivity index is 2.18. The van der Waals surface area contributed by atoms with Crippen LogP contribution in [0.4, 0.5) is 4.79 Å². The zero-order valence-corrected chi connectivity index (χ0v) is 15.4. The lowest BCUT2D eigenvalue weighted by molar-refractivity contribution is -0.139. The van der Waals surface area contributed by atoms with Crippen molar-refractivity contribution in [1.29, 1.82) is 0 Å². The van der Waals surface area contributed by atoms with Gasteiger partial charge in [-0.05, 0) is 18.6 Å². The Morgan fingerprint density at radius 1 is 1.36 bits per heavy atom. The summed E-state index contributed by atoms with van der Waals surface area (Å²) in [5, 5.41) is 13.2. The molecule has 1 fully saturated rings. The largest absolute Gasteiger partial charge is 0.496 e. The van der Waals surface area contributed by atoms with Crippen molar-refractivity contribution in [3.63, 3.8) is 0 Å². The van der Waals surface area contributed by atoms with E-state index in [1.54, 1.807) is 12.1 Å². The molecule has 1 amide bonds. The van der Waals surface area contributed by atoms with E-state index in [4.69, 9.17) is 27.9 Å². The standard InChI is InChI=1S/C16H20Cl2N2O5/c1-24-12-4-3-11(17)15(18)14(12)9-5-10(20(8-9)16(22)23)6-19-7-13(21)25-2/h3-4,9-10,19H,5-8H2,1-2H3,(H,22,23)/t9-,10-/m0/s1. The summed E-state index contributed by atoms with van der Waals surface area (Å²) < 4.78 is 9.92. The number of carboxylic acid groups (broad SMARTS) is 1. The number of rotatable bonds is 6. The molecule has 1 aliphatic heterocycles. The van der Waals surface area contributed by atoms with Gasteiger partial charge in [-0.1, -0.05) is 23.2 Å². The van der Waals surface area contributed by atoms with Crippen LogP contribution >= 0.6 is 23.2 Å². The monoisotopic (exact) mass is 390 g/mol. The summed E-state index contributed by atoms with van der Waals surface area (Å²) in [6, 6.07) is 3.06. The molecule has 1 heterocycles. The van der Waals surface area contributed by atoms with Gasteiger partial charge in [-0.25, -0.2) is 4.79 Å². The van der Waals surface area contributed by atoms with Crippen LogP contribution in [0.15, 0.2) is 12.1 Å². The van der Waals surface area contributed by atoms with Crippen LogP contribution in [0.3, 0.4) is 0 Å². The van der Waals surface area contributed by atoms with E-state index in [-0.39, 0.29) is 25.0 Å². The van der Waals surface area contributed by atoms with E-state index in [9.17, 15) is 14.7 Å². The van der Waals surface area contributed by atoms with Crippen molar-refractivity contribution in [2.24, 2.45) is 0 Å². The lowest BCUT2D eigenvalue weighted by Crippen LogP contribution is -2.42. The van der Waals surface area contributed by atoms with Crippen LogP contribution in [0.5, 0.6) is 5.75 Å². The predicted octanol–water partition coefficient (Wildman–Crippen LogP) is 2.60. The third-order valence-electron chi connectivity index (χ3n) is 4.26. The van der Waals surface area contributed by atoms with E-state index in [1.165, 1.54) is 19.1 Å². The molecule has 2 atom stereocenters. The number of amides is 1. The topological polar surface area (TPSA) is 88.1 Å². The van der Waals surface area contributed by atoms with Crippen LogP contribution in [-0.2, 0) is 9.53 Å². The SMILES string of the molecule is COC(=O)CNC[C@@H]1C[C@H](c2c(OC)ccc(Cl)c2Cl)CN1C(=O)O. The van der Waals surface area contributed by atoms with Crippen molar-refractivity contribution in [2.45, 2.75) is 18.4 Å². The van der Waals surface area contributed by atoms with Gasteiger partial charge in [0, 0.05) is 30.6 Å². The molecule has 0 spiro atoms. The first-order chi connectivity index (χ1) is 11.9. The highest BCUT2D eigenvalue weighted by atomic mass is 35.5. The molecule has 0 radical (unpaired) electrons. The van der Waals surface area contributed by atoms with Crippen molar-refractivity contribution in [1.82, 2.24) is 10.2 Å². The molecule has 1 saturated heterocycles. The minimum absolute atomic E-state index is 0.0202. The summed E-state index contributed by atoms with van der Waals surface area (Å²) in [5.74, 6) is 0.0195. The highest BCUT2D eigenvalue weighted by Gasteiger charge is 2.38. The van der Waals surface area contributed by atoms with Crippen LogP contribution in [0, 0.1) is 0 Å². The van der Waals surface area contributed by atoms with Crippen molar-refractivity contribution in [2.75, 3.05) is 33.9 Å². The number of nitrogens with zero attached hydrogens (tertiary/aromatic N) is 1. The van der Waals surface area contributed by atoms with Gasteiger partial charge in [0.25, 0.3) is 0 Å². The van der Waals surface area contributed by atoms with Crippen molar-refractivity contribution in [3.8, 4) is 5.75 Å². The van der Waals surface area contributed by atoms with Gasteiger partial charge in [0.05, 0.1) is 30.8 Å². The Kier molecular flexibility index (Phi) is 6.75. The second kappa shape index (κ2) is 8.60. The molecule has 2 rings (SSSR count). The molecule has 7 nitrogen and oxygen atoms in total. The summed E-state index contributed by atoms with van der Waals surface area (Å²) in [4.78, 5) is 24.1. The van der Waals surface area contributed by atoms with E-state index < -0.39 is 12.1 Å². The highest BCUT2D eigenvalue weighted by Crippen LogP contribution is 2.43. The van der Waals surface area contributed by atoms with Crippen molar-refractivity contribution < 1.29 is 24.2 Å². The maximum absolute atomic E-state index is 11.6. The van der Waals surface area contributed by atoms with Gasteiger partial charge in [0.2, 0.25) is 0 Å². The fourth-order valence-corrected chi connectivity index (χ4v) is 3.55. The third kappa shape index (κ3) is 4.48. The van der Waals surface area contributed by atoms with E-state index in [0.29, 0.717) is 34.3 Å². The zero-order chi connectivity index (χ0) is 18.6. The quantitative estimate of drug-likeness (QED) is 0.725. The minimum Gasteiger partial charge on any atom is -0.496 e. The number of methoxy groups -OCH3 is 2. The van der Waals surface area contributed by atoms with Gasteiger partial charge in [-0.3, -0.25) is 4.79 Å². The first-order valence-electron chi connectivity index (χ1n) is 7.68. The summed E-state index contributed by atoms with van der Waals surface area (Å²) in [6.45, 7) is 0.626. The molecule has 0 aromatic heterocycles. The van der Waals surface area contributed by atoms with E-state index in [2.05, 4.69) is 10.1 Å². The number of likely N-dealkylation sites (tertiary alicyclic amines) is 1. The number of halogens is 2. The van der Waals surface area contributed by atoms with Gasteiger partial charge in [-0.15, -0.1) is 0 Å². The smallest absolute Gasteiger partial charge is 0.407 e. The highest BCUT2D eigenvalue weighted by molar-refractivity contribution is 6.42. The fourth-order valence-electron chi connectivity index (χ4n) is 3.07. The maximum Gasteiger partial charge on any atom is 0.407 e. The van der Waals surface area contributed by atoms with Crippen molar-refractivity contribution >= 4 is 35.3 Å². The number of esters is 1. The number of hydrogen-bond donors (Lipinski definition) is 2. The van der Waals surface area contributed by atoms with Gasteiger partial charge < -0.3 is 24.8 Å². The van der Waals surface area contributed by atoms with Gasteiger partial charge in [0.1, 0.15) is 5.75 Å². The van der Waals surface area contributed by atoms with Crippen LogP contribution in [0.25, 0.3) is 0 Å². The first kappa shape index (κ1) is 19.6. The second-order valence-electron chi connectivity index (χ2n) is 5.71. The summed E-state index contributed by atoms with van der Waals surface area (Å²) in [6.07, 6.45) is -0.485. The number of benzene rings is 1. The van der Waals surface area contributed by atoms with Crippen LogP contribution in [0.2, 0.25) is 10.0 Å². The number of carbonyl (C=O) groups excluding carboxylic acids is 1. The Morgan fingerprint density at radius 2 is 2.08 bits per heavy atom. The summed E-state index contributed by atoms with van der Waals surface area (Å²) in [7, 11) is 2.83. The molecule has 0 saturated carbocycles. The maximum atomic E-state index is 11.6. The number of hydrogen-bond acceptors (Lipinski definition) is 5. The molecule has 25 heavy (non-hydrogen) atoms. The summed E-state index contributed by atoms with van der Waals surface area (Å²) in [5.41, 5.74) is 0.707. The lowest BCUT2D eigenvalue weighted by atomic mass is 9.95. The van der Waals surface area contributed by atoms with Crippen LogP contribution in [0.1, 0.15) is 17.9 Å².